The maximum absolute atomic E-state index is 13.3. The molecule has 3 aromatic carbocycles. The Morgan fingerprint density at radius 2 is 1.57 bits per heavy atom. The highest BCUT2D eigenvalue weighted by atomic mass is 19.1. The molecule has 0 nitrogen and oxygen atoms in total. The lowest BCUT2D eigenvalue weighted by Crippen LogP contribution is -2.05. The fourth-order valence-electron chi connectivity index (χ4n) is 3.52. The molecule has 21 heavy (non-hydrogen) atoms. The van der Waals surface area contributed by atoms with Gasteiger partial charge in [0.05, 0.1) is 0 Å². The van der Waals surface area contributed by atoms with Crippen LogP contribution < -0.4 is 0 Å². The zero-order chi connectivity index (χ0) is 14.2. The zero-order valence-corrected chi connectivity index (χ0v) is 11.9. The molecule has 4 rings (SSSR count). The first-order valence-electron chi connectivity index (χ1n) is 7.62. The van der Waals surface area contributed by atoms with E-state index in [0.717, 1.165) is 18.4 Å². The predicted octanol–water partition coefficient (Wildman–Crippen LogP) is 5.52. The molecule has 0 N–H and O–H groups in total. The fraction of sp³-hybridized carbons (Fsp3) is 0.200. The highest BCUT2D eigenvalue weighted by Gasteiger charge is 2.17. The van der Waals surface area contributed by atoms with Crippen LogP contribution in [0, 0.1) is 5.82 Å². The predicted molar refractivity (Wildman–Crippen MR) is 86.0 cm³/mol. The molecule has 3 aromatic rings. The Morgan fingerprint density at radius 1 is 0.810 bits per heavy atom. The SMILES string of the molecule is Fc1ccc(-c2c3c(cc4ccccc24)CCCC3)cc1. The van der Waals surface area contributed by atoms with Gasteiger partial charge in [-0.25, -0.2) is 4.39 Å². The molecule has 0 spiro atoms. The maximum Gasteiger partial charge on any atom is 0.123 e. The van der Waals surface area contributed by atoms with Crippen LogP contribution in [0.5, 0.6) is 0 Å². The van der Waals surface area contributed by atoms with Crippen molar-refractivity contribution in [1.82, 2.24) is 0 Å². The quantitative estimate of drug-likeness (QED) is 0.548. The lowest BCUT2D eigenvalue weighted by atomic mass is 9.83. The first-order chi connectivity index (χ1) is 10.3. The molecule has 0 saturated heterocycles. The van der Waals surface area contributed by atoms with Crippen LogP contribution in [0.25, 0.3) is 21.9 Å². The van der Waals surface area contributed by atoms with E-state index in [0.29, 0.717) is 0 Å². The van der Waals surface area contributed by atoms with Crippen LogP contribution >= 0.6 is 0 Å². The van der Waals surface area contributed by atoms with Gasteiger partial charge in [-0.1, -0.05) is 42.5 Å². The Kier molecular flexibility index (Phi) is 2.99. The van der Waals surface area contributed by atoms with Gasteiger partial charge < -0.3 is 0 Å². The highest BCUT2D eigenvalue weighted by molar-refractivity contribution is 5.99. The van der Waals surface area contributed by atoms with Crippen LogP contribution in [0.1, 0.15) is 24.0 Å². The average Bonchev–Trinajstić information content (AvgIpc) is 2.53. The van der Waals surface area contributed by atoms with Gasteiger partial charge in [0.25, 0.3) is 0 Å². The van der Waals surface area contributed by atoms with Gasteiger partial charge in [0, 0.05) is 0 Å². The van der Waals surface area contributed by atoms with Crippen molar-refractivity contribution < 1.29 is 4.39 Å². The number of halogens is 1. The van der Waals surface area contributed by atoms with Crippen molar-refractivity contribution in [2.24, 2.45) is 0 Å². The molecule has 0 unspecified atom stereocenters. The summed E-state index contributed by atoms with van der Waals surface area (Å²) < 4.78 is 13.3. The van der Waals surface area contributed by atoms with Gasteiger partial charge in [-0.15, -0.1) is 0 Å². The van der Waals surface area contributed by atoms with E-state index in [2.05, 4.69) is 30.3 Å². The van der Waals surface area contributed by atoms with Gasteiger partial charge in [-0.2, -0.15) is 0 Å². The summed E-state index contributed by atoms with van der Waals surface area (Å²) in [6.07, 6.45) is 4.81. The van der Waals surface area contributed by atoms with E-state index in [1.54, 1.807) is 12.1 Å². The van der Waals surface area contributed by atoms with E-state index in [9.17, 15) is 4.39 Å². The Labute approximate surface area is 124 Å². The maximum atomic E-state index is 13.3. The Bertz CT molecular complexity index is 800. The number of aryl methyl sites for hydroxylation is 1. The molecular weight excluding hydrogens is 259 g/mol. The second-order valence-corrected chi connectivity index (χ2v) is 5.82. The second-order valence-electron chi connectivity index (χ2n) is 5.82. The van der Waals surface area contributed by atoms with Gasteiger partial charge in [0.2, 0.25) is 0 Å². The lowest BCUT2D eigenvalue weighted by molar-refractivity contribution is 0.628. The number of fused-ring (bicyclic) bond motifs is 2. The highest BCUT2D eigenvalue weighted by Crippen LogP contribution is 2.38. The van der Waals surface area contributed by atoms with E-state index in [1.165, 1.54) is 40.3 Å². The summed E-state index contributed by atoms with van der Waals surface area (Å²) in [6.45, 7) is 0. The van der Waals surface area contributed by atoms with E-state index in [-0.39, 0.29) is 5.82 Å². The number of hydrogen-bond donors (Lipinski definition) is 0. The minimum absolute atomic E-state index is 0.173. The summed E-state index contributed by atoms with van der Waals surface area (Å²) in [5, 5.41) is 2.57. The number of benzene rings is 3. The lowest BCUT2D eigenvalue weighted by Gasteiger charge is -2.22. The summed E-state index contributed by atoms with van der Waals surface area (Å²) in [5.74, 6) is -0.173. The summed E-state index contributed by atoms with van der Waals surface area (Å²) in [6, 6.07) is 17.8. The molecule has 1 heteroatoms. The third-order valence-electron chi connectivity index (χ3n) is 4.51. The molecule has 0 heterocycles. The molecule has 0 bridgehead atoms. The molecule has 0 fully saturated rings. The standard InChI is InChI=1S/C20H17F/c21-17-11-9-14(10-12-17)20-18-7-3-1-5-15(18)13-16-6-2-4-8-19(16)20/h1,3,5,7,9-13H,2,4,6,8H2. The van der Waals surface area contributed by atoms with E-state index < -0.39 is 0 Å². The molecule has 0 atom stereocenters. The average molecular weight is 276 g/mol. The first kappa shape index (κ1) is 12.6. The summed E-state index contributed by atoms with van der Waals surface area (Å²) in [5.41, 5.74) is 5.37. The van der Waals surface area contributed by atoms with Gasteiger partial charge >= 0.3 is 0 Å². The van der Waals surface area contributed by atoms with Crippen molar-refractivity contribution in [3.63, 3.8) is 0 Å². The number of hydrogen-bond acceptors (Lipinski definition) is 0. The summed E-state index contributed by atoms with van der Waals surface area (Å²) in [4.78, 5) is 0. The van der Waals surface area contributed by atoms with Gasteiger partial charge in [-0.05, 0) is 70.8 Å². The van der Waals surface area contributed by atoms with Crippen molar-refractivity contribution >= 4 is 10.8 Å². The first-order valence-corrected chi connectivity index (χ1v) is 7.62. The van der Waals surface area contributed by atoms with Crippen LogP contribution in [0.15, 0.2) is 54.6 Å². The van der Waals surface area contributed by atoms with E-state index in [4.69, 9.17) is 0 Å². The Balaban J connectivity index is 2.07. The minimum Gasteiger partial charge on any atom is -0.207 e. The third-order valence-corrected chi connectivity index (χ3v) is 4.51. The molecule has 0 radical (unpaired) electrons. The van der Waals surface area contributed by atoms with Crippen LogP contribution in [-0.4, -0.2) is 0 Å². The molecule has 0 aromatic heterocycles. The fourth-order valence-corrected chi connectivity index (χ4v) is 3.52. The van der Waals surface area contributed by atoms with Crippen LogP contribution in [0.2, 0.25) is 0 Å². The molecule has 0 saturated carbocycles. The van der Waals surface area contributed by atoms with Gasteiger partial charge in [0.15, 0.2) is 0 Å². The Morgan fingerprint density at radius 3 is 2.43 bits per heavy atom. The summed E-state index contributed by atoms with van der Waals surface area (Å²) >= 11 is 0. The minimum atomic E-state index is -0.173. The van der Waals surface area contributed by atoms with Crippen LogP contribution in [0.4, 0.5) is 4.39 Å². The van der Waals surface area contributed by atoms with Crippen LogP contribution in [0.3, 0.4) is 0 Å². The normalized spacial score (nSPS) is 14.1. The van der Waals surface area contributed by atoms with Gasteiger partial charge in [0.1, 0.15) is 5.82 Å². The van der Waals surface area contributed by atoms with Crippen molar-refractivity contribution in [1.29, 1.82) is 0 Å². The summed E-state index contributed by atoms with van der Waals surface area (Å²) in [7, 11) is 0. The topological polar surface area (TPSA) is 0 Å². The van der Waals surface area contributed by atoms with Gasteiger partial charge in [-0.3, -0.25) is 0 Å². The molecule has 0 amide bonds. The monoisotopic (exact) mass is 276 g/mol. The molecular formula is C20H17F. The van der Waals surface area contributed by atoms with Crippen molar-refractivity contribution in [3.8, 4) is 11.1 Å². The molecule has 0 aliphatic heterocycles. The molecule has 1 aliphatic rings. The van der Waals surface area contributed by atoms with E-state index >= 15 is 0 Å². The van der Waals surface area contributed by atoms with Crippen molar-refractivity contribution in [2.75, 3.05) is 0 Å². The van der Waals surface area contributed by atoms with Crippen molar-refractivity contribution in [2.45, 2.75) is 25.7 Å². The third kappa shape index (κ3) is 2.13. The molecule has 1 aliphatic carbocycles. The van der Waals surface area contributed by atoms with E-state index in [1.807, 2.05) is 12.1 Å². The zero-order valence-electron chi connectivity index (χ0n) is 11.9. The number of rotatable bonds is 1. The largest absolute Gasteiger partial charge is 0.207 e. The van der Waals surface area contributed by atoms with Crippen molar-refractivity contribution in [3.05, 3.63) is 71.5 Å². The smallest absolute Gasteiger partial charge is 0.123 e. The Hall–Kier alpha value is -2.15. The van der Waals surface area contributed by atoms with Crippen LogP contribution in [-0.2, 0) is 12.8 Å². The second kappa shape index (κ2) is 5.00. The molecule has 104 valence electrons.